The summed E-state index contributed by atoms with van der Waals surface area (Å²) >= 11 is 0. The Labute approximate surface area is 112 Å². The third kappa shape index (κ3) is 1.77. The highest BCUT2D eigenvalue weighted by Gasteiger charge is 2.56. The topological polar surface area (TPSA) is 26.0 Å². The molecule has 1 atom stereocenters. The van der Waals surface area contributed by atoms with Crippen molar-refractivity contribution < 1.29 is 0 Å². The summed E-state index contributed by atoms with van der Waals surface area (Å²) in [5.74, 6) is 5.45. The van der Waals surface area contributed by atoms with Crippen molar-refractivity contribution in [2.75, 3.05) is 0 Å². The Hall–Kier alpha value is -0.0400. The first-order valence-corrected chi connectivity index (χ1v) is 8.38. The van der Waals surface area contributed by atoms with Crippen molar-refractivity contribution in [3.63, 3.8) is 0 Å². The fourth-order valence-electron chi connectivity index (χ4n) is 6.63. The molecule has 0 aliphatic heterocycles. The molecular weight excluding hydrogens is 218 g/mol. The predicted octanol–water partition coefficient (Wildman–Crippen LogP) is 3.97. The van der Waals surface area contributed by atoms with Gasteiger partial charge in [0.2, 0.25) is 0 Å². The van der Waals surface area contributed by atoms with Crippen molar-refractivity contribution in [3.05, 3.63) is 0 Å². The summed E-state index contributed by atoms with van der Waals surface area (Å²) in [6, 6.07) is 0.423. The maximum absolute atomic E-state index is 5.95. The highest BCUT2D eigenvalue weighted by Crippen LogP contribution is 2.66. The van der Waals surface area contributed by atoms with Gasteiger partial charge in [-0.05, 0) is 99.7 Å². The van der Waals surface area contributed by atoms with Gasteiger partial charge in [0, 0.05) is 6.04 Å². The lowest BCUT2D eigenvalue weighted by Crippen LogP contribution is -2.52. The quantitative estimate of drug-likeness (QED) is 0.802. The second kappa shape index (κ2) is 3.98. The molecule has 1 nitrogen and oxygen atoms in total. The average molecular weight is 247 g/mol. The molecule has 1 heteroatoms. The molecule has 5 aliphatic carbocycles. The zero-order valence-corrected chi connectivity index (χ0v) is 11.9. The van der Waals surface area contributed by atoms with Crippen LogP contribution in [0.4, 0.5) is 0 Å². The molecule has 4 bridgehead atoms. The molecule has 0 heterocycles. The standard InChI is InChI=1S/C17H29N/c1-11(18)2-12-6-16(7-12)17-8-13-3-14(9-17)5-15(4-13)10-17/h11-16H,2-10,18H2,1H3. The molecule has 0 aromatic carbocycles. The van der Waals surface area contributed by atoms with Gasteiger partial charge < -0.3 is 5.73 Å². The van der Waals surface area contributed by atoms with E-state index in [9.17, 15) is 0 Å². The molecule has 0 spiro atoms. The molecule has 5 aliphatic rings. The molecule has 0 saturated heterocycles. The summed E-state index contributed by atoms with van der Waals surface area (Å²) in [6.45, 7) is 2.18. The summed E-state index contributed by atoms with van der Waals surface area (Å²) in [7, 11) is 0. The smallest absolute Gasteiger partial charge is 0.00131 e. The largest absolute Gasteiger partial charge is 0.328 e. The Kier molecular flexibility index (Phi) is 2.60. The van der Waals surface area contributed by atoms with Gasteiger partial charge in [0.05, 0.1) is 0 Å². The summed E-state index contributed by atoms with van der Waals surface area (Å²) in [5.41, 5.74) is 6.78. The average Bonchev–Trinajstić information content (AvgIpc) is 2.20. The highest BCUT2D eigenvalue weighted by atomic mass is 14.6. The number of rotatable bonds is 3. The number of nitrogens with two attached hydrogens (primary N) is 1. The van der Waals surface area contributed by atoms with Crippen LogP contribution in [-0.4, -0.2) is 6.04 Å². The molecule has 102 valence electrons. The maximum Gasteiger partial charge on any atom is 0.00131 e. The van der Waals surface area contributed by atoms with Gasteiger partial charge in [-0.25, -0.2) is 0 Å². The molecule has 2 N–H and O–H groups in total. The zero-order chi connectivity index (χ0) is 12.3. The van der Waals surface area contributed by atoms with E-state index in [2.05, 4.69) is 6.92 Å². The summed E-state index contributed by atoms with van der Waals surface area (Å²) in [4.78, 5) is 0. The minimum atomic E-state index is 0.423. The van der Waals surface area contributed by atoms with E-state index in [1.165, 1.54) is 19.3 Å². The molecule has 18 heavy (non-hydrogen) atoms. The van der Waals surface area contributed by atoms with Crippen LogP contribution in [0.5, 0.6) is 0 Å². The van der Waals surface area contributed by atoms with Crippen LogP contribution in [-0.2, 0) is 0 Å². The summed E-state index contributed by atoms with van der Waals surface area (Å²) < 4.78 is 0. The Morgan fingerprint density at radius 3 is 1.89 bits per heavy atom. The number of hydrogen-bond donors (Lipinski definition) is 1. The van der Waals surface area contributed by atoms with Crippen LogP contribution in [0.3, 0.4) is 0 Å². The van der Waals surface area contributed by atoms with Gasteiger partial charge in [-0.2, -0.15) is 0 Å². The fourth-order valence-corrected chi connectivity index (χ4v) is 6.63. The van der Waals surface area contributed by atoms with Crippen LogP contribution < -0.4 is 5.73 Å². The van der Waals surface area contributed by atoms with E-state index in [1.54, 1.807) is 38.5 Å². The molecule has 0 aromatic heterocycles. The lowest BCUT2D eigenvalue weighted by atomic mass is 9.43. The van der Waals surface area contributed by atoms with Crippen molar-refractivity contribution >= 4 is 0 Å². The van der Waals surface area contributed by atoms with E-state index in [1.807, 2.05) is 0 Å². The van der Waals surface area contributed by atoms with Gasteiger partial charge in [-0.15, -0.1) is 0 Å². The summed E-state index contributed by atoms with van der Waals surface area (Å²) in [6.07, 6.45) is 13.9. The van der Waals surface area contributed by atoms with Crippen molar-refractivity contribution in [1.82, 2.24) is 0 Å². The first-order chi connectivity index (χ1) is 8.63. The lowest BCUT2D eigenvalue weighted by molar-refractivity contribution is -0.119. The SMILES string of the molecule is CC(N)CC1CC(C23CC4CC(CC(C4)C2)C3)C1. The van der Waals surface area contributed by atoms with Crippen LogP contribution >= 0.6 is 0 Å². The van der Waals surface area contributed by atoms with Crippen LogP contribution in [0.15, 0.2) is 0 Å². The minimum absolute atomic E-state index is 0.423. The maximum atomic E-state index is 5.95. The third-order valence-electron chi connectivity index (χ3n) is 6.89. The van der Waals surface area contributed by atoms with Crippen LogP contribution in [0.25, 0.3) is 0 Å². The first-order valence-electron chi connectivity index (χ1n) is 8.38. The molecule has 0 aromatic rings. The van der Waals surface area contributed by atoms with E-state index in [-0.39, 0.29) is 0 Å². The van der Waals surface area contributed by atoms with Gasteiger partial charge in [0.15, 0.2) is 0 Å². The Morgan fingerprint density at radius 2 is 1.44 bits per heavy atom. The Bertz CT molecular complexity index is 291. The Morgan fingerprint density at radius 1 is 0.944 bits per heavy atom. The van der Waals surface area contributed by atoms with Crippen LogP contribution in [0, 0.1) is 35.0 Å². The van der Waals surface area contributed by atoms with E-state index in [0.29, 0.717) is 6.04 Å². The molecule has 0 amide bonds. The monoisotopic (exact) mass is 247 g/mol. The summed E-state index contributed by atoms with van der Waals surface area (Å²) in [5, 5.41) is 0. The van der Waals surface area contributed by atoms with E-state index in [0.717, 1.165) is 35.0 Å². The molecule has 1 unspecified atom stereocenters. The second-order valence-electron chi connectivity index (χ2n) is 8.53. The van der Waals surface area contributed by atoms with Gasteiger partial charge in [-0.1, -0.05) is 0 Å². The second-order valence-corrected chi connectivity index (χ2v) is 8.53. The fraction of sp³-hybridized carbons (Fsp3) is 1.00. The van der Waals surface area contributed by atoms with Crippen LogP contribution in [0.1, 0.15) is 64.7 Å². The van der Waals surface area contributed by atoms with Crippen LogP contribution in [0.2, 0.25) is 0 Å². The number of hydrogen-bond acceptors (Lipinski definition) is 1. The molecule has 5 fully saturated rings. The van der Waals surface area contributed by atoms with E-state index >= 15 is 0 Å². The van der Waals surface area contributed by atoms with E-state index < -0.39 is 0 Å². The predicted molar refractivity (Wildman–Crippen MR) is 75.1 cm³/mol. The van der Waals surface area contributed by atoms with Gasteiger partial charge in [0.1, 0.15) is 0 Å². The van der Waals surface area contributed by atoms with Gasteiger partial charge >= 0.3 is 0 Å². The van der Waals surface area contributed by atoms with E-state index in [4.69, 9.17) is 5.73 Å². The van der Waals surface area contributed by atoms with Gasteiger partial charge in [0.25, 0.3) is 0 Å². The molecular formula is C17H29N. The molecule has 5 rings (SSSR count). The third-order valence-corrected chi connectivity index (χ3v) is 6.89. The first kappa shape index (κ1) is 11.8. The minimum Gasteiger partial charge on any atom is -0.328 e. The molecule has 0 radical (unpaired) electrons. The zero-order valence-electron chi connectivity index (χ0n) is 11.9. The van der Waals surface area contributed by atoms with Crippen molar-refractivity contribution in [2.45, 2.75) is 70.8 Å². The molecule has 5 saturated carbocycles. The van der Waals surface area contributed by atoms with Crippen molar-refractivity contribution in [2.24, 2.45) is 40.7 Å². The van der Waals surface area contributed by atoms with Crippen molar-refractivity contribution in [3.8, 4) is 0 Å². The van der Waals surface area contributed by atoms with Gasteiger partial charge in [-0.3, -0.25) is 0 Å². The van der Waals surface area contributed by atoms with Crippen molar-refractivity contribution in [1.29, 1.82) is 0 Å². The Balaban J connectivity index is 1.43. The lowest BCUT2D eigenvalue weighted by Gasteiger charge is -2.62. The normalized spacial score (nSPS) is 55.3. The highest BCUT2D eigenvalue weighted by molar-refractivity contribution is 5.06.